The van der Waals surface area contributed by atoms with Gasteiger partial charge in [-0.25, -0.2) is 0 Å². The number of hydrogen-bond acceptors (Lipinski definition) is 3. The second-order valence-corrected chi connectivity index (χ2v) is 5.03. The maximum absolute atomic E-state index is 12.6. The Bertz CT molecular complexity index is 611. The van der Waals surface area contributed by atoms with Crippen molar-refractivity contribution in [2.45, 2.75) is 32.3 Å². The first-order valence-corrected chi connectivity index (χ1v) is 7.20. The van der Waals surface area contributed by atoms with Crippen LogP contribution in [-0.4, -0.2) is 30.1 Å². The Kier molecular flexibility index (Phi) is 3.74. The molecule has 2 aromatic rings. The molecule has 106 valence electrons. The first kappa shape index (κ1) is 13.2. The van der Waals surface area contributed by atoms with Crippen molar-refractivity contribution in [1.29, 1.82) is 0 Å². The maximum Gasteiger partial charge on any atom is 0.193 e. The molecule has 1 unspecified atom stereocenters. The van der Waals surface area contributed by atoms with Gasteiger partial charge >= 0.3 is 0 Å². The molecule has 4 nitrogen and oxygen atoms in total. The van der Waals surface area contributed by atoms with Crippen LogP contribution >= 0.6 is 0 Å². The van der Waals surface area contributed by atoms with E-state index in [1.807, 2.05) is 25.1 Å². The van der Waals surface area contributed by atoms with Gasteiger partial charge in [0.15, 0.2) is 5.78 Å². The van der Waals surface area contributed by atoms with Crippen molar-refractivity contribution in [2.75, 3.05) is 13.2 Å². The molecule has 1 aromatic heterocycles. The van der Waals surface area contributed by atoms with Gasteiger partial charge in [-0.1, -0.05) is 6.07 Å². The summed E-state index contributed by atoms with van der Waals surface area (Å²) in [7, 11) is 0. The van der Waals surface area contributed by atoms with Crippen molar-refractivity contribution < 1.29 is 14.3 Å². The standard InChI is InChI=1S/C16H19NO3/c1-2-19-13-8-5-6-12-15(13)11(10-17-12)16(18)14-7-3-4-9-20-14/h5-6,8,10,14,17H,2-4,7,9H2,1H3. The number of carbonyl (C=O) groups excluding carboxylic acids is 1. The van der Waals surface area contributed by atoms with Gasteiger partial charge in [-0.05, 0) is 38.3 Å². The van der Waals surface area contributed by atoms with Crippen molar-refractivity contribution in [3.8, 4) is 5.75 Å². The normalized spacial score (nSPS) is 19.1. The lowest BCUT2D eigenvalue weighted by Crippen LogP contribution is -2.28. The predicted octanol–water partition coefficient (Wildman–Crippen LogP) is 3.32. The smallest absolute Gasteiger partial charge is 0.193 e. The van der Waals surface area contributed by atoms with Crippen LogP contribution in [0.25, 0.3) is 10.9 Å². The second-order valence-electron chi connectivity index (χ2n) is 5.03. The number of carbonyl (C=O) groups is 1. The highest BCUT2D eigenvalue weighted by molar-refractivity contribution is 6.11. The monoisotopic (exact) mass is 273 g/mol. The molecule has 1 aromatic carbocycles. The highest BCUT2D eigenvalue weighted by atomic mass is 16.5. The molecule has 0 bridgehead atoms. The fraction of sp³-hybridized carbons (Fsp3) is 0.438. The van der Waals surface area contributed by atoms with E-state index in [0.29, 0.717) is 18.8 Å². The Morgan fingerprint density at radius 2 is 2.35 bits per heavy atom. The van der Waals surface area contributed by atoms with Gasteiger partial charge in [-0.3, -0.25) is 4.79 Å². The Balaban J connectivity index is 2.00. The molecule has 4 heteroatoms. The number of benzene rings is 1. The average molecular weight is 273 g/mol. The quantitative estimate of drug-likeness (QED) is 0.869. The van der Waals surface area contributed by atoms with Crippen molar-refractivity contribution in [3.63, 3.8) is 0 Å². The summed E-state index contributed by atoms with van der Waals surface area (Å²) in [6.07, 6.45) is 4.37. The zero-order valence-corrected chi connectivity index (χ0v) is 11.6. The lowest BCUT2D eigenvalue weighted by Gasteiger charge is -2.21. The molecule has 20 heavy (non-hydrogen) atoms. The van der Waals surface area contributed by atoms with Crippen LogP contribution < -0.4 is 4.74 Å². The van der Waals surface area contributed by atoms with E-state index in [-0.39, 0.29) is 11.9 Å². The molecule has 3 rings (SSSR count). The molecule has 0 saturated carbocycles. The number of nitrogens with one attached hydrogen (secondary N) is 1. The van der Waals surface area contributed by atoms with E-state index in [1.165, 1.54) is 0 Å². The van der Waals surface area contributed by atoms with Crippen LogP contribution in [0.1, 0.15) is 36.5 Å². The van der Waals surface area contributed by atoms with Crippen molar-refractivity contribution in [3.05, 3.63) is 30.0 Å². The predicted molar refractivity (Wildman–Crippen MR) is 77.4 cm³/mol. The van der Waals surface area contributed by atoms with Crippen LogP contribution in [0.5, 0.6) is 5.75 Å². The minimum absolute atomic E-state index is 0.0584. The molecule has 2 heterocycles. The first-order valence-electron chi connectivity index (χ1n) is 7.20. The summed E-state index contributed by atoms with van der Waals surface area (Å²) in [5, 5.41) is 0.869. The van der Waals surface area contributed by atoms with Crippen molar-refractivity contribution >= 4 is 16.7 Å². The first-order chi connectivity index (χ1) is 9.81. The van der Waals surface area contributed by atoms with E-state index in [4.69, 9.17) is 9.47 Å². The fourth-order valence-corrected chi connectivity index (χ4v) is 2.74. The molecule has 1 fully saturated rings. The van der Waals surface area contributed by atoms with Gasteiger partial charge < -0.3 is 14.5 Å². The van der Waals surface area contributed by atoms with Gasteiger partial charge in [0.25, 0.3) is 0 Å². The fourth-order valence-electron chi connectivity index (χ4n) is 2.74. The summed E-state index contributed by atoms with van der Waals surface area (Å²) in [6.45, 7) is 3.20. The van der Waals surface area contributed by atoms with Crippen molar-refractivity contribution in [2.24, 2.45) is 0 Å². The highest BCUT2D eigenvalue weighted by Gasteiger charge is 2.26. The topological polar surface area (TPSA) is 51.3 Å². The average Bonchev–Trinajstić information content (AvgIpc) is 2.93. The number of aromatic nitrogens is 1. The van der Waals surface area contributed by atoms with E-state index in [0.717, 1.165) is 35.9 Å². The molecule has 1 N–H and O–H groups in total. The third kappa shape index (κ3) is 2.31. The number of H-pyrrole nitrogens is 1. The third-order valence-electron chi connectivity index (χ3n) is 3.70. The molecule has 1 aliphatic rings. The maximum atomic E-state index is 12.6. The Hall–Kier alpha value is -1.81. The Morgan fingerprint density at radius 3 is 3.10 bits per heavy atom. The van der Waals surface area contributed by atoms with E-state index in [2.05, 4.69) is 4.98 Å². The van der Waals surface area contributed by atoms with Gasteiger partial charge in [0.2, 0.25) is 0 Å². The number of rotatable bonds is 4. The molecule has 0 radical (unpaired) electrons. The molecule has 1 atom stereocenters. The summed E-state index contributed by atoms with van der Waals surface area (Å²) in [5.41, 5.74) is 1.60. The number of fused-ring (bicyclic) bond motifs is 1. The molecular weight excluding hydrogens is 254 g/mol. The van der Waals surface area contributed by atoms with Crippen molar-refractivity contribution in [1.82, 2.24) is 4.98 Å². The van der Waals surface area contributed by atoms with Gasteiger partial charge in [0.05, 0.1) is 12.0 Å². The van der Waals surface area contributed by atoms with E-state index in [9.17, 15) is 4.79 Å². The number of aromatic amines is 1. The van der Waals surface area contributed by atoms with E-state index < -0.39 is 0 Å². The molecule has 0 spiro atoms. The van der Waals surface area contributed by atoms with Crippen LogP contribution in [0.15, 0.2) is 24.4 Å². The van der Waals surface area contributed by atoms with Crippen LogP contribution in [0, 0.1) is 0 Å². The van der Waals surface area contributed by atoms with Crippen LogP contribution in [0.4, 0.5) is 0 Å². The lowest BCUT2D eigenvalue weighted by atomic mass is 9.99. The number of Topliss-reactive ketones (excluding diaryl/α,β-unsaturated/α-hetero) is 1. The van der Waals surface area contributed by atoms with Gasteiger partial charge in [0.1, 0.15) is 11.9 Å². The number of ketones is 1. The summed E-state index contributed by atoms with van der Waals surface area (Å²) in [6, 6.07) is 5.78. The number of hydrogen-bond donors (Lipinski definition) is 1. The van der Waals surface area contributed by atoms with Gasteiger partial charge in [0, 0.05) is 23.9 Å². The largest absolute Gasteiger partial charge is 0.493 e. The third-order valence-corrected chi connectivity index (χ3v) is 3.70. The van der Waals surface area contributed by atoms with Crippen LogP contribution in [0.2, 0.25) is 0 Å². The molecule has 1 aliphatic heterocycles. The summed E-state index contributed by atoms with van der Waals surface area (Å²) in [4.78, 5) is 15.8. The molecular formula is C16H19NO3. The van der Waals surface area contributed by atoms with Gasteiger partial charge in [-0.15, -0.1) is 0 Å². The highest BCUT2D eigenvalue weighted by Crippen LogP contribution is 2.31. The van der Waals surface area contributed by atoms with Crippen LogP contribution in [-0.2, 0) is 4.74 Å². The summed E-state index contributed by atoms with van der Waals surface area (Å²) in [5.74, 6) is 0.813. The molecule has 0 amide bonds. The van der Waals surface area contributed by atoms with E-state index >= 15 is 0 Å². The number of ether oxygens (including phenoxy) is 2. The SMILES string of the molecule is CCOc1cccc2[nH]cc(C(=O)C3CCCCO3)c12. The minimum atomic E-state index is -0.308. The zero-order valence-electron chi connectivity index (χ0n) is 11.6. The van der Waals surface area contributed by atoms with Crippen LogP contribution in [0.3, 0.4) is 0 Å². The molecule has 1 saturated heterocycles. The molecule has 0 aliphatic carbocycles. The Labute approximate surface area is 118 Å². The second kappa shape index (κ2) is 5.67. The Morgan fingerprint density at radius 1 is 1.45 bits per heavy atom. The minimum Gasteiger partial charge on any atom is -0.493 e. The van der Waals surface area contributed by atoms with Gasteiger partial charge in [-0.2, -0.15) is 0 Å². The summed E-state index contributed by atoms with van der Waals surface area (Å²) >= 11 is 0. The zero-order chi connectivity index (χ0) is 13.9. The lowest BCUT2D eigenvalue weighted by molar-refractivity contribution is 0.0188. The van der Waals surface area contributed by atoms with E-state index in [1.54, 1.807) is 6.20 Å². The summed E-state index contributed by atoms with van der Waals surface area (Å²) < 4.78 is 11.3.